The van der Waals surface area contributed by atoms with E-state index in [2.05, 4.69) is 19.9 Å². The van der Waals surface area contributed by atoms with Gasteiger partial charge in [-0.15, -0.1) is 0 Å². The van der Waals surface area contributed by atoms with Gasteiger partial charge in [-0.1, -0.05) is 6.07 Å². The second-order valence-electron chi connectivity index (χ2n) is 5.27. The predicted molar refractivity (Wildman–Crippen MR) is 82.8 cm³/mol. The summed E-state index contributed by atoms with van der Waals surface area (Å²) in [6.07, 6.45) is 1.73. The number of sulfonamides is 1. The Kier molecular flexibility index (Phi) is 3.50. The second kappa shape index (κ2) is 5.22. The maximum Gasteiger partial charge on any atom is 0.244 e. The number of aromatic nitrogens is 4. The molecule has 3 aromatic rings. The van der Waals surface area contributed by atoms with E-state index in [-0.39, 0.29) is 11.4 Å². The molecule has 3 rings (SSSR count). The molecule has 22 heavy (non-hydrogen) atoms. The van der Waals surface area contributed by atoms with Crippen LogP contribution in [-0.4, -0.2) is 28.2 Å². The largest absolute Gasteiger partial charge is 0.334 e. The average Bonchev–Trinajstić information content (AvgIpc) is 3.00. The quantitative estimate of drug-likeness (QED) is 0.760. The lowest BCUT2D eigenvalue weighted by atomic mass is 10.2. The van der Waals surface area contributed by atoms with Crippen molar-refractivity contribution in [3.05, 3.63) is 41.5 Å². The molecule has 1 aromatic carbocycles. The van der Waals surface area contributed by atoms with Crippen LogP contribution >= 0.6 is 0 Å². The SMILES string of the molecule is Cc1n[nH]c(C)c1S(=O)(=O)NCc1ccc2c(c1)ncn2C. The Morgan fingerprint density at radius 2 is 2.09 bits per heavy atom. The van der Waals surface area contributed by atoms with Gasteiger partial charge in [0.05, 0.1) is 28.7 Å². The first kappa shape index (κ1) is 14.7. The number of benzene rings is 1. The molecule has 2 aromatic heterocycles. The molecule has 7 nitrogen and oxygen atoms in total. The van der Waals surface area contributed by atoms with Crippen molar-refractivity contribution in [2.45, 2.75) is 25.3 Å². The number of nitrogens with zero attached hydrogens (tertiary/aromatic N) is 3. The van der Waals surface area contributed by atoms with Crippen molar-refractivity contribution in [2.24, 2.45) is 7.05 Å². The Bertz CT molecular complexity index is 920. The maximum atomic E-state index is 12.4. The van der Waals surface area contributed by atoms with Gasteiger partial charge >= 0.3 is 0 Å². The van der Waals surface area contributed by atoms with Crippen LogP contribution in [0.4, 0.5) is 0 Å². The van der Waals surface area contributed by atoms with Crippen LogP contribution in [0.25, 0.3) is 11.0 Å². The molecular weight excluding hydrogens is 302 g/mol. The molecule has 0 aliphatic carbocycles. The minimum atomic E-state index is -3.59. The molecule has 0 fully saturated rings. The fraction of sp³-hybridized carbons (Fsp3) is 0.286. The van der Waals surface area contributed by atoms with Gasteiger partial charge in [-0.05, 0) is 31.5 Å². The van der Waals surface area contributed by atoms with Gasteiger partial charge in [0.15, 0.2) is 0 Å². The molecule has 0 aliphatic heterocycles. The minimum Gasteiger partial charge on any atom is -0.334 e. The van der Waals surface area contributed by atoms with E-state index in [1.165, 1.54) is 0 Å². The number of imidazole rings is 1. The van der Waals surface area contributed by atoms with Gasteiger partial charge in [-0.2, -0.15) is 5.10 Å². The first-order valence-corrected chi connectivity index (χ1v) is 8.28. The molecule has 0 spiro atoms. The zero-order valence-corrected chi connectivity index (χ0v) is 13.4. The summed E-state index contributed by atoms with van der Waals surface area (Å²) in [5, 5.41) is 6.61. The number of rotatable bonds is 4. The highest BCUT2D eigenvalue weighted by atomic mass is 32.2. The summed E-state index contributed by atoms with van der Waals surface area (Å²) in [7, 11) is -1.68. The summed E-state index contributed by atoms with van der Waals surface area (Å²) in [5.41, 5.74) is 3.70. The summed E-state index contributed by atoms with van der Waals surface area (Å²) in [5.74, 6) is 0. The van der Waals surface area contributed by atoms with E-state index >= 15 is 0 Å². The molecule has 8 heteroatoms. The van der Waals surface area contributed by atoms with Crippen LogP contribution in [0, 0.1) is 13.8 Å². The van der Waals surface area contributed by atoms with Crippen molar-refractivity contribution in [3.8, 4) is 0 Å². The summed E-state index contributed by atoms with van der Waals surface area (Å²) in [6.45, 7) is 3.56. The Balaban J connectivity index is 1.84. The molecule has 0 saturated carbocycles. The van der Waals surface area contributed by atoms with Crippen molar-refractivity contribution in [3.63, 3.8) is 0 Å². The van der Waals surface area contributed by atoms with Crippen LogP contribution in [0.1, 0.15) is 17.0 Å². The van der Waals surface area contributed by atoms with Gasteiger partial charge in [0, 0.05) is 13.6 Å². The van der Waals surface area contributed by atoms with Crippen LogP contribution in [-0.2, 0) is 23.6 Å². The number of fused-ring (bicyclic) bond motifs is 1. The summed E-state index contributed by atoms with van der Waals surface area (Å²) < 4.78 is 29.3. The number of hydrogen-bond donors (Lipinski definition) is 2. The topological polar surface area (TPSA) is 92.7 Å². The molecular formula is C14H17N5O2S. The zero-order valence-electron chi connectivity index (χ0n) is 12.6. The minimum absolute atomic E-state index is 0.207. The van der Waals surface area contributed by atoms with Gasteiger partial charge in [0.2, 0.25) is 10.0 Å². The number of nitrogens with one attached hydrogen (secondary N) is 2. The number of H-pyrrole nitrogens is 1. The van der Waals surface area contributed by atoms with Gasteiger partial charge in [-0.25, -0.2) is 18.1 Å². The lowest BCUT2D eigenvalue weighted by Crippen LogP contribution is -2.24. The normalized spacial score (nSPS) is 12.1. The van der Waals surface area contributed by atoms with Gasteiger partial charge < -0.3 is 4.57 Å². The number of hydrogen-bond acceptors (Lipinski definition) is 4. The smallest absolute Gasteiger partial charge is 0.244 e. The Morgan fingerprint density at radius 3 is 2.77 bits per heavy atom. The van der Waals surface area contributed by atoms with Crippen molar-refractivity contribution in [1.82, 2.24) is 24.5 Å². The lowest BCUT2D eigenvalue weighted by Gasteiger charge is -2.07. The second-order valence-corrected chi connectivity index (χ2v) is 6.97. The van der Waals surface area contributed by atoms with E-state index in [1.807, 2.05) is 29.8 Å². The van der Waals surface area contributed by atoms with Gasteiger partial charge in [0.1, 0.15) is 4.90 Å². The molecule has 0 bridgehead atoms. The van der Waals surface area contributed by atoms with Gasteiger partial charge in [-0.3, -0.25) is 5.10 Å². The van der Waals surface area contributed by atoms with E-state index in [0.717, 1.165) is 16.6 Å². The fourth-order valence-electron chi connectivity index (χ4n) is 2.48. The third kappa shape index (κ3) is 2.51. The highest BCUT2D eigenvalue weighted by molar-refractivity contribution is 7.89. The van der Waals surface area contributed by atoms with Crippen molar-refractivity contribution in [2.75, 3.05) is 0 Å². The van der Waals surface area contributed by atoms with Crippen LogP contribution in [0.2, 0.25) is 0 Å². The van der Waals surface area contributed by atoms with Crippen molar-refractivity contribution in [1.29, 1.82) is 0 Å². The molecule has 0 atom stereocenters. The van der Waals surface area contributed by atoms with Crippen LogP contribution < -0.4 is 4.72 Å². The molecule has 2 N–H and O–H groups in total. The maximum absolute atomic E-state index is 12.4. The Hall–Kier alpha value is -2.19. The molecule has 0 amide bonds. The fourth-order valence-corrected chi connectivity index (χ4v) is 3.86. The van der Waals surface area contributed by atoms with Crippen LogP contribution in [0.15, 0.2) is 29.4 Å². The summed E-state index contributed by atoms with van der Waals surface area (Å²) in [4.78, 5) is 4.49. The third-order valence-corrected chi connectivity index (χ3v) is 5.25. The van der Waals surface area contributed by atoms with Crippen LogP contribution in [0.5, 0.6) is 0 Å². The van der Waals surface area contributed by atoms with Crippen molar-refractivity contribution < 1.29 is 8.42 Å². The molecule has 0 saturated heterocycles. The highest BCUT2D eigenvalue weighted by Gasteiger charge is 2.21. The molecule has 0 aliphatic rings. The Labute approximate surface area is 128 Å². The van der Waals surface area contributed by atoms with E-state index in [1.54, 1.807) is 20.2 Å². The zero-order chi connectivity index (χ0) is 15.9. The van der Waals surface area contributed by atoms with E-state index < -0.39 is 10.0 Å². The van der Waals surface area contributed by atoms with Gasteiger partial charge in [0.25, 0.3) is 0 Å². The predicted octanol–water partition coefficient (Wildman–Crippen LogP) is 1.39. The highest BCUT2D eigenvalue weighted by Crippen LogP contribution is 2.18. The van der Waals surface area contributed by atoms with Crippen molar-refractivity contribution >= 4 is 21.1 Å². The number of aryl methyl sites for hydroxylation is 3. The molecule has 0 unspecified atom stereocenters. The monoisotopic (exact) mass is 319 g/mol. The first-order valence-electron chi connectivity index (χ1n) is 6.79. The average molecular weight is 319 g/mol. The standard InChI is InChI=1S/C14H17N5O2S/c1-9-14(10(2)18-17-9)22(20,21)16-7-11-4-5-13-12(6-11)15-8-19(13)3/h4-6,8,16H,7H2,1-3H3,(H,17,18). The van der Waals surface area contributed by atoms with E-state index in [9.17, 15) is 8.42 Å². The molecule has 2 heterocycles. The summed E-state index contributed by atoms with van der Waals surface area (Å²) in [6, 6.07) is 5.70. The van der Waals surface area contributed by atoms with E-state index in [0.29, 0.717) is 11.4 Å². The number of aromatic amines is 1. The van der Waals surface area contributed by atoms with Crippen LogP contribution in [0.3, 0.4) is 0 Å². The Morgan fingerprint density at radius 1 is 1.32 bits per heavy atom. The molecule has 116 valence electrons. The summed E-state index contributed by atoms with van der Waals surface area (Å²) >= 11 is 0. The lowest BCUT2D eigenvalue weighted by molar-refractivity contribution is 0.580. The van der Waals surface area contributed by atoms with E-state index in [4.69, 9.17) is 0 Å². The molecule has 0 radical (unpaired) electrons. The first-order chi connectivity index (χ1) is 10.4. The third-order valence-electron chi connectivity index (χ3n) is 3.59.